The molecule has 0 saturated heterocycles. The Morgan fingerprint density at radius 2 is 1.81 bits per heavy atom. The number of nitro groups is 1. The van der Waals surface area contributed by atoms with E-state index in [1.807, 2.05) is 30.3 Å². The van der Waals surface area contributed by atoms with E-state index in [1.54, 1.807) is 12.4 Å². The molecule has 1 amide bonds. The molecule has 0 saturated carbocycles. The number of carbonyl (C=O) groups is 1. The number of nitrogens with one attached hydrogen (secondary N) is 1. The van der Waals surface area contributed by atoms with Crippen LogP contribution in [0.15, 0.2) is 60.9 Å². The van der Waals surface area contributed by atoms with Gasteiger partial charge in [-0.15, -0.1) is 0 Å². The smallest absolute Gasteiger partial charge is 0.282 e. The molecule has 0 aliphatic carbocycles. The van der Waals surface area contributed by atoms with Gasteiger partial charge in [0.05, 0.1) is 4.92 Å². The van der Waals surface area contributed by atoms with E-state index in [9.17, 15) is 14.9 Å². The molecule has 0 radical (unpaired) electrons. The molecule has 0 fully saturated rings. The van der Waals surface area contributed by atoms with E-state index in [1.165, 1.54) is 18.2 Å². The average molecular weight is 383 g/mol. The number of nitro benzene ring substituents is 1. The fourth-order valence-electron chi connectivity index (χ4n) is 2.49. The van der Waals surface area contributed by atoms with Crippen LogP contribution in [0.2, 0.25) is 5.02 Å². The molecule has 7 nitrogen and oxygen atoms in total. The normalized spacial score (nSPS) is 10.4. The summed E-state index contributed by atoms with van der Waals surface area (Å²) in [6, 6.07) is 13.5. The van der Waals surface area contributed by atoms with Crippen molar-refractivity contribution in [3.63, 3.8) is 0 Å². The Morgan fingerprint density at radius 3 is 2.48 bits per heavy atom. The summed E-state index contributed by atoms with van der Waals surface area (Å²) in [6.07, 6.45) is 3.89. The highest BCUT2D eigenvalue weighted by molar-refractivity contribution is 6.31. The molecular formula is C19H15ClN4O3. The van der Waals surface area contributed by atoms with E-state index in [-0.39, 0.29) is 22.8 Å². The first-order chi connectivity index (χ1) is 13.0. The molecule has 136 valence electrons. The van der Waals surface area contributed by atoms with Crippen molar-refractivity contribution in [1.29, 1.82) is 0 Å². The molecule has 1 aromatic heterocycles. The summed E-state index contributed by atoms with van der Waals surface area (Å²) in [4.78, 5) is 31.3. The van der Waals surface area contributed by atoms with E-state index in [0.717, 1.165) is 11.1 Å². The lowest BCUT2D eigenvalue weighted by atomic mass is 10.1. The first-order valence-corrected chi connectivity index (χ1v) is 8.51. The number of carbonyl (C=O) groups excluding carboxylic acids is 1. The fraction of sp³-hybridized carbons (Fsp3) is 0.105. The number of hydrogen-bond acceptors (Lipinski definition) is 5. The Labute approximate surface area is 160 Å². The first kappa shape index (κ1) is 18.5. The quantitative estimate of drug-likeness (QED) is 0.518. The lowest BCUT2D eigenvalue weighted by molar-refractivity contribution is -0.385. The van der Waals surface area contributed by atoms with Crippen LogP contribution in [-0.4, -0.2) is 27.3 Å². The van der Waals surface area contributed by atoms with Crippen LogP contribution in [0.1, 0.15) is 15.9 Å². The largest absolute Gasteiger partial charge is 0.351 e. The maximum absolute atomic E-state index is 12.2. The van der Waals surface area contributed by atoms with Gasteiger partial charge in [0.1, 0.15) is 5.56 Å². The van der Waals surface area contributed by atoms with Crippen LogP contribution >= 0.6 is 11.6 Å². The standard InChI is InChI=1S/C19H15ClN4O3/c20-15-6-7-17(24(26)27)16(10-15)19(25)21-9-8-13-11-22-18(23-12-13)14-4-2-1-3-5-14/h1-7,10-12H,8-9H2,(H,21,25). The molecule has 27 heavy (non-hydrogen) atoms. The minimum Gasteiger partial charge on any atom is -0.351 e. The highest BCUT2D eigenvalue weighted by atomic mass is 35.5. The van der Waals surface area contributed by atoms with Crippen molar-refractivity contribution in [3.05, 3.63) is 87.2 Å². The van der Waals surface area contributed by atoms with Crippen molar-refractivity contribution in [1.82, 2.24) is 15.3 Å². The van der Waals surface area contributed by atoms with Crippen LogP contribution in [0, 0.1) is 10.1 Å². The first-order valence-electron chi connectivity index (χ1n) is 8.13. The second-order valence-corrected chi connectivity index (χ2v) is 6.14. The van der Waals surface area contributed by atoms with Crippen LogP contribution in [0.25, 0.3) is 11.4 Å². The lowest BCUT2D eigenvalue weighted by Crippen LogP contribution is -2.26. The van der Waals surface area contributed by atoms with Gasteiger partial charge in [-0.2, -0.15) is 0 Å². The predicted octanol–water partition coefficient (Wildman–Crippen LogP) is 3.68. The number of amides is 1. The van der Waals surface area contributed by atoms with E-state index in [2.05, 4.69) is 15.3 Å². The minimum absolute atomic E-state index is 0.0665. The van der Waals surface area contributed by atoms with E-state index >= 15 is 0 Å². The third-order valence-corrected chi connectivity index (χ3v) is 4.07. The van der Waals surface area contributed by atoms with Gasteiger partial charge in [-0.1, -0.05) is 41.9 Å². The van der Waals surface area contributed by atoms with Crippen LogP contribution in [0.4, 0.5) is 5.69 Å². The van der Waals surface area contributed by atoms with Gasteiger partial charge in [-0.3, -0.25) is 14.9 Å². The number of aromatic nitrogens is 2. The summed E-state index contributed by atoms with van der Waals surface area (Å²) in [5, 5.41) is 14.0. The lowest BCUT2D eigenvalue weighted by Gasteiger charge is -2.07. The fourth-order valence-corrected chi connectivity index (χ4v) is 2.66. The van der Waals surface area contributed by atoms with Crippen LogP contribution in [0.3, 0.4) is 0 Å². The topological polar surface area (TPSA) is 98.0 Å². The highest BCUT2D eigenvalue weighted by Gasteiger charge is 2.20. The number of benzene rings is 2. The van der Waals surface area contributed by atoms with Crippen LogP contribution < -0.4 is 5.32 Å². The highest BCUT2D eigenvalue weighted by Crippen LogP contribution is 2.22. The molecule has 2 aromatic carbocycles. The zero-order valence-corrected chi connectivity index (χ0v) is 14.9. The molecule has 8 heteroatoms. The van der Waals surface area contributed by atoms with Crippen molar-refractivity contribution in [2.24, 2.45) is 0 Å². The van der Waals surface area contributed by atoms with E-state index in [4.69, 9.17) is 11.6 Å². The Kier molecular flexibility index (Phi) is 5.73. The summed E-state index contributed by atoms with van der Waals surface area (Å²) in [5.74, 6) is 0.0731. The van der Waals surface area contributed by atoms with Gasteiger partial charge in [0.15, 0.2) is 5.82 Å². The molecular weight excluding hydrogens is 368 g/mol. The van der Waals surface area contributed by atoms with Gasteiger partial charge in [0, 0.05) is 35.6 Å². The van der Waals surface area contributed by atoms with E-state index < -0.39 is 10.8 Å². The van der Waals surface area contributed by atoms with Crippen molar-refractivity contribution < 1.29 is 9.72 Å². The summed E-state index contributed by atoms with van der Waals surface area (Å²) in [5.41, 5.74) is 1.41. The van der Waals surface area contributed by atoms with Crippen molar-refractivity contribution >= 4 is 23.2 Å². The Hall–Kier alpha value is -3.32. The molecule has 0 bridgehead atoms. The molecule has 0 unspecified atom stereocenters. The SMILES string of the molecule is O=C(NCCc1cnc(-c2ccccc2)nc1)c1cc(Cl)ccc1[N+](=O)[O-]. The molecule has 0 spiro atoms. The summed E-state index contributed by atoms with van der Waals surface area (Å²) in [7, 11) is 0. The summed E-state index contributed by atoms with van der Waals surface area (Å²) >= 11 is 5.84. The van der Waals surface area contributed by atoms with Crippen molar-refractivity contribution in [2.75, 3.05) is 6.54 Å². The molecule has 3 aromatic rings. The molecule has 0 aliphatic rings. The number of hydrogen-bond donors (Lipinski definition) is 1. The molecule has 0 aliphatic heterocycles. The van der Waals surface area contributed by atoms with Crippen molar-refractivity contribution in [3.8, 4) is 11.4 Å². The maximum atomic E-state index is 12.2. The second-order valence-electron chi connectivity index (χ2n) is 5.71. The van der Waals surface area contributed by atoms with Crippen LogP contribution in [-0.2, 0) is 6.42 Å². The Morgan fingerprint density at radius 1 is 1.11 bits per heavy atom. The minimum atomic E-state index is -0.610. The maximum Gasteiger partial charge on any atom is 0.282 e. The van der Waals surface area contributed by atoms with Gasteiger partial charge >= 0.3 is 0 Å². The molecule has 1 N–H and O–H groups in total. The zero-order valence-electron chi connectivity index (χ0n) is 14.1. The van der Waals surface area contributed by atoms with Gasteiger partial charge in [-0.05, 0) is 24.1 Å². The third-order valence-electron chi connectivity index (χ3n) is 3.84. The molecule has 0 atom stereocenters. The molecule has 1 heterocycles. The number of rotatable bonds is 6. The van der Waals surface area contributed by atoms with Gasteiger partial charge in [0.25, 0.3) is 11.6 Å². The van der Waals surface area contributed by atoms with Gasteiger partial charge in [-0.25, -0.2) is 9.97 Å². The van der Waals surface area contributed by atoms with Gasteiger partial charge in [0.2, 0.25) is 0 Å². The summed E-state index contributed by atoms with van der Waals surface area (Å²) < 4.78 is 0. The third kappa shape index (κ3) is 4.65. The average Bonchev–Trinajstić information content (AvgIpc) is 2.69. The molecule has 3 rings (SSSR count). The monoisotopic (exact) mass is 382 g/mol. The number of halogens is 1. The Bertz CT molecular complexity index is 962. The zero-order chi connectivity index (χ0) is 19.2. The number of nitrogens with zero attached hydrogens (tertiary/aromatic N) is 3. The summed E-state index contributed by atoms with van der Waals surface area (Å²) in [6.45, 7) is 0.288. The second kappa shape index (κ2) is 8.37. The van der Waals surface area contributed by atoms with Crippen LogP contribution in [0.5, 0.6) is 0 Å². The van der Waals surface area contributed by atoms with Crippen molar-refractivity contribution in [2.45, 2.75) is 6.42 Å². The van der Waals surface area contributed by atoms with E-state index in [0.29, 0.717) is 12.2 Å². The predicted molar refractivity (Wildman–Crippen MR) is 102 cm³/mol. The Balaban J connectivity index is 1.61. The van der Waals surface area contributed by atoms with Gasteiger partial charge < -0.3 is 5.32 Å².